The van der Waals surface area contributed by atoms with Crippen LogP contribution in [0, 0.1) is 0 Å². The molecule has 0 atom stereocenters. The van der Waals surface area contributed by atoms with Gasteiger partial charge in [-0.25, -0.2) is 4.68 Å². The van der Waals surface area contributed by atoms with Crippen molar-refractivity contribution in [2.75, 3.05) is 25.0 Å². The summed E-state index contributed by atoms with van der Waals surface area (Å²) in [5, 5.41) is 8.26. The Morgan fingerprint density at radius 2 is 1.68 bits per heavy atom. The summed E-state index contributed by atoms with van der Waals surface area (Å²) in [6.07, 6.45) is -1.33. The Balaban J connectivity index is 1.33. The predicted octanol–water partition coefficient (Wildman–Crippen LogP) is 5.24. The summed E-state index contributed by atoms with van der Waals surface area (Å²) in [5.74, 6) is 1.32. The lowest BCUT2D eigenvalue weighted by Crippen LogP contribution is -2.32. The van der Waals surface area contributed by atoms with Gasteiger partial charge in [0.25, 0.3) is 0 Å². The zero-order valence-electron chi connectivity index (χ0n) is 17.2. The van der Waals surface area contributed by atoms with Crippen LogP contribution in [0.4, 0.5) is 19.0 Å². The van der Waals surface area contributed by atoms with Crippen LogP contribution in [-0.2, 0) is 19.1 Å². The summed E-state index contributed by atoms with van der Waals surface area (Å²) in [7, 11) is 0. The molecule has 3 heterocycles. The molecule has 0 amide bonds. The molecule has 5 rings (SSSR count). The molecule has 7 heteroatoms. The number of hydrogen-bond acceptors (Lipinski definition) is 3. The molecule has 0 aliphatic carbocycles. The van der Waals surface area contributed by atoms with E-state index < -0.39 is 11.7 Å². The van der Waals surface area contributed by atoms with Gasteiger partial charge in [0.05, 0.1) is 16.9 Å². The van der Waals surface area contributed by atoms with Crippen molar-refractivity contribution in [2.24, 2.45) is 0 Å². The van der Waals surface area contributed by atoms with E-state index in [1.807, 2.05) is 6.07 Å². The molecular formula is C24H25F3N4. The SMILES string of the molecule is FC(F)(F)c1ccc(-n2nc(C3CCN(Cc4ccccc4)CC3)c3c2NCC3)cc1. The second-order valence-corrected chi connectivity index (χ2v) is 8.38. The second kappa shape index (κ2) is 8.04. The monoisotopic (exact) mass is 426 g/mol. The highest BCUT2D eigenvalue weighted by Gasteiger charge is 2.32. The van der Waals surface area contributed by atoms with Gasteiger partial charge in [-0.15, -0.1) is 0 Å². The van der Waals surface area contributed by atoms with Gasteiger partial charge in [-0.05, 0) is 62.2 Å². The lowest BCUT2D eigenvalue weighted by molar-refractivity contribution is -0.137. The van der Waals surface area contributed by atoms with Crippen LogP contribution in [0.3, 0.4) is 0 Å². The molecule has 3 aromatic rings. The smallest absolute Gasteiger partial charge is 0.369 e. The van der Waals surface area contributed by atoms with Gasteiger partial charge in [0.2, 0.25) is 0 Å². The van der Waals surface area contributed by atoms with Gasteiger partial charge in [0.15, 0.2) is 0 Å². The third-order valence-corrected chi connectivity index (χ3v) is 6.34. The number of piperidine rings is 1. The molecule has 1 fully saturated rings. The lowest BCUT2D eigenvalue weighted by Gasteiger charge is -2.31. The Morgan fingerprint density at radius 3 is 2.35 bits per heavy atom. The molecule has 1 saturated heterocycles. The highest BCUT2D eigenvalue weighted by atomic mass is 19.4. The Kier molecular flexibility index (Phi) is 5.22. The van der Waals surface area contributed by atoms with E-state index in [0.29, 0.717) is 11.6 Å². The zero-order valence-corrected chi connectivity index (χ0v) is 17.2. The van der Waals surface area contributed by atoms with Crippen LogP contribution in [0.15, 0.2) is 54.6 Å². The summed E-state index contributed by atoms with van der Waals surface area (Å²) in [5.41, 5.74) is 3.68. The van der Waals surface area contributed by atoms with Crippen LogP contribution < -0.4 is 5.32 Å². The maximum atomic E-state index is 12.9. The molecule has 2 aliphatic heterocycles. The fraction of sp³-hybridized carbons (Fsp3) is 0.375. The number of benzene rings is 2. The summed E-state index contributed by atoms with van der Waals surface area (Å²) in [4.78, 5) is 2.48. The largest absolute Gasteiger partial charge is 0.416 e. The number of anilines is 1. The first kappa shape index (κ1) is 20.1. The Morgan fingerprint density at radius 1 is 0.968 bits per heavy atom. The lowest BCUT2D eigenvalue weighted by atomic mass is 9.90. The van der Waals surface area contributed by atoms with Crippen molar-refractivity contribution in [2.45, 2.75) is 37.9 Å². The van der Waals surface area contributed by atoms with Crippen molar-refractivity contribution in [1.29, 1.82) is 0 Å². The summed E-state index contributed by atoms with van der Waals surface area (Å²) >= 11 is 0. The van der Waals surface area contributed by atoms with Crippen molar-refractivity contribution in [3.05, 3.63) is 77.0 Å². The summed E-state index contributed by atoms with van der Waals surface area (Å²) < 4.78 is 40.5. The number of halogens is 3. The van der Waals surface area contributed by atoms with Gasteiger partial charge < -0.3 is 5.32 Å². The predicted molar refractivity (Wildman–Crippen MR) is 114 cm³/mol. The molecule has 1 aromatic heterocycles. The first-order chi connectivity index (χ1) is 15.0. The number of aromatic nitrogens is 2. The third-order valence-electron chi connectivity index (χ3n) is 6.34. The van der Waals surface area contributed by atoms with Crippen molar-refractivity contribution in [3.63, 3.8) is 0 Å². The molecular weight excluding hydrogens is 401 g/mol. The molecule has 0 spiro atoms. The van der Waals surface area contributed by atoms with Crippen LogP contribution in [0.25, 0.3) is 5.69 Å². The molecule has 4 nitrogen and oxygen atoms in total. The van der Waals surface area contributed by atoms with Crippen LogP contribution in [0.5, 0.6) is 0 Å². The van der Waals surface area contributed by atoms with E-state index in [2.05, 4.69) is 34.5 Å². The Labute approximate surface area is 179 Å². The van der Waals surface area contributed by atoms with Gasteiger partial charge >= 0.3 is 6.18 Å². The van der Waals surface area contributed by atoms with Crippen molar-refractivity contribution >= 4 is 5.82 Å². The minimum absolute atomic E-state index is 0.386. The quantitative estimate of drug-likeness (QED) is 0.620. The third kappa shape index (κ3) is 4.06. The second-order valence-electron chi connectivity index (χ2n) is 8.38. The number of alkyl halides is 3. The standard InChI is InChI=1S/C24H25F3N4/c25-24(26,27)19-6-8-20(9-7-19)31-23-21(10-13-28-23)22(29-31)18-11-14-30(15-12-18)16-17-4-2-1-3-5-17/h1-9,18,28H,10-16H2. The molecule has 0 radical (unpaired) electrons. The van der Waals surface area contributed by atoms with Crippen LogP contribution in [-0.4, -0.2) is 34.3 Å². The van der Waals surface area contributed by atoms with Crippen LogP contribution >= 0.6 is 0 Å². The van der Waals surface area contributed by atoms with Crippen LogP contribution in [0.1, 0.15) is 41.1 Å². The highest BCUT2D eigenvalue weighted by Crippen LogP contribution is 2.37. The fourth-order valence-electron chi connectivity index (χ4n) is 4.71. The minimum Gasteiger partial charge on any atom is -0.369 e. The molecule has 162 valence electrons. The first-order valence-corrected chi connectivity index (χ1v) is 10.8. The fourth-order valence-corrected chi connectivity index (χ4v) is 4.71. The number of nitrogens with zero attached hydrogens (tertiary/aromatic N) is 3. The molecule has 0 bridgehead atoms. The van der Waals surface area contributed by atoms with Gasteiger partial charge in [-0.1, -0.05) is 30.3 Å². The van der Waals surface area contributed by atoms with Crippen molar-refractivity contribution < 1.29 is 13.2 Å². The van der Waals surface area contributed by atoms with E-state index in [0.717, 1.165) is 69.1 Å². The normalized spacial score (nSPS) is 17.5. The summed E-state index contributed by atoms with van der Waals surface area (Å²) in [6.45, 7) is 3.85. The molecule has 2 aromatic carbocycles. The maximum absolute atomic E-state index is 12.9. The van der Waals surface area contributed by atoms with Gasteiger partial charge in [-0.3, -0.25) is 4.90 Å². The molecule has 0 unspecified atom stereocenters. The Bertz CT molecular complexity index is 1030. The number of hydrogen-bond donors (Lipinski definition) is 1. The number of rotatable bonds is 4. The topological polar surface area (TPSA) is 33.1 Å². The van der Waals surface area contributed by atoms with E-state index in [-0.39, 0.29) is 0 Å². The molecule has 31 heavy (non-hydrogen) atoms. The van der Waals surface area contributed by atoms with Crippen molar-refractivity contribution in [1.82, 2.24) is 14.7 Å². The highest BCUT2D eigenvalue weighted by molar-refractivity contribution is 5.58. The Hall–Kier alpha value is -2.80. The first-order valence-electron chi connectivity index (χ1n) is 10.8. The molecule has 0 saturated carbocycles. The zero-order chi connectivity index (χ0) is 21.4. The maximum Gasteiger partial charge on any atom is 0.416 e. The van der Waals surface area contributed by atoms with Crippen LogP contribution in [0.2, 0.25) is 0 Å². The number of fused-ring (bicyclic) bond motifs is 1. The minimum atomic E-state index is -4.33. The number of nitrogens with one attached hydrogen (secondary N) is 1. The van der Waals surface area contributed by atoms with E-state index >= 15 is 0 Å². The average molecular weight is 426 g/mol. The van der Waals surface area contributed by atoms with Gasteiger partial charge in [-0.2, -0.15) is 18.3 Å². The van der Waals surface area contributed by atoms with Gasteiger partial charge in [0, 0.05) is 24.6 Å². The number of likely N-dealkylation sites (tertiary alicyclic amines) is 1. The van der Waals surface area contributed by atoms with E-state index in [4.69, 9.17) is 5.10 Å². The van der Waals surface area contributed by atoms with E-state index in [1.165, 1.54) is 23.3 Å². The van der Waals surface area contributed by atoms with Crippen molar-refractivity contribution in [3.8, 4) is 5.69 Å². The molecule has 1 N–H and O–H groups in total. The molecule has 2 aliphatic rings. The summed E-state index contributed by atoms with van der Waals surface area (Å²) in [6, 6.07) is 15.8. The van der Waals surface area contributed by atoms with E-state index in [1.54, 1.807) is 4.68 Å². The van der Waals surface area contributed by atoms with Gasteiger partial charge in [0.1, 0.15) is 5.82 Å². The average Bonchev–Trinajstić information content (AvgIpc) is 3.38. The van der Waals surface area contributed by atoms with E-state index in [9.17, 15) is 13.2 Å².